The van der Waals surface area contributed by atoms with Crippen molar-refractivity contribution in [1.29, 1.82) is 0 Å². The fourth-order valence-corrected chi connectivity index (χ4v) is 2.70. The third-order valence-electron chi connectivity index (χ3n) is 2.85. The van der Waals surface area contributed by atoms with Crippen LogP contribution in [0.25, 0.3) is 11.1 Å². The second-order valence-electron chi connectivity index (χ2n) is 4.96. The second kappa shape index (κ2) is 5.59. The van der Waals surface area contributed by atoms with Crippen molar-refractivity contribution in [3.63, 3.8) is 0 Å². The molecule has 1 nitrogen and oxygen atoms in total. The Morgan fingerprint density at radius 2 is 1.44 bits per heavy atom. The van der Waals surface area contributed by atoms with E-state index in [1.807, 2.05) is 17.8 Å². The lowest BCUT2D eigenvalue weighted by atomic mass is 10.1. The molecule has 0 spiro atoms. The Bertz CT molecular complexity index is 488. The van der Waals surface area contributed by atoms with Gasteiger partial charge in [0, 0.05) is 16.2 Å². The molecule has 2 rings (SSSR count). The van der Waals surface area contributed by atoms with Gasteiger partial charge in [-0.15, -0.1) is 11.8 Å². The largest absolute Gasteiger partial charge is 0.329 e. The Hall–Kier alpha value is -1.25. The summed E-state index contributed by atoms with van der Waals surface area (Å²) in [5.41, 5.74) is 8.27. The highest BCUT2D eigenvalue weighted by Crippen LogP contribution is 2.32. The van der Waals surface area contributed by atoms with E-state index in [0.717, 1.165) is 0 Å². The lowest BCUT2D eigenvalue weighted by Crippen LogP contribution is -2.26. The molecular formula is C16H19NS. The average molecular weight is 257 g/mol. The smallest absolute Gasteiger partial charge is 0.0273 e. The van der Waals surface area contributed by atoms with Gasteiger partial charge in [-0.3, -0.25) is 0 Å². The highest BCUT2D eigenvalue weighted by atomic mass is 32.2. The third kappa shape index (κ3) is 3.37. The molecule has 0 aliphatic heterocycles. The summed E-state index contributed by atoms with van der Waals surface area (Å²) in [6.07, 6.45) is 0. The lowest BCUT2D eigenvalue weighted by molar-refractivity contribution is 0.723. The molecule has 2 aromatic rings. The maximum absolute atomic E-state index is 5.75. The number of nitrogens with two attached hydrogens (primary N) is 1. The quantitative estimate of drug-likeness (QED) is 0.831. The topological polar surface area (TPSA) is 26.0 Å². The first-order chi connectivity index (χ1) is 8.61. The fourth-order valence-electron chi connectivity index (χ4n) is 1.71. The second-order valence-corrected chi connectivity index (χ2v) is 6.74. The zero-order valence-corrected chi connectivity index (χ0v) is 11.7. The first kappa shape index (κ1) is 13.2. The number of thioether (sulfide) groups is 1. The molecule has 0 aromatic heterocycles. The van der Waals surface area contributed by atoms with E-state index in [4.69, 9.17) is 5.73 Å². The maximum atomic E-state index is 5.75. The van der Waals surface area contributed by atoms with Crippen molar-refractivity contribution in [1.82, 2.24) is 0 Å². The molecule has 0 aliphatic carbocycles. The van der Waals surface area contributed by atoms with Crippen molar-refractivity contribution in [2.45, 2.75) is 23.5 Å². The van der Waals surface area contributed by atoms with Gasteiger partial charge in [0.15, 0.2) is 0 Å². The van der Waals surface area contributed by atoms with Crippen molar-refractivity contribution >= 4 is 11.8 Å². The molecule has 0 radical (unpaired) electrons. The Labute approximate surface area is 113 Å². The minimum Gasteiger partial charge on any atom is -0.329 e. The summed E-state index contributed by atoms with van der Waals surface area (Å²) in [5.74, 6) is 0. The zero-order chi connectivity index (χ0) is 13.0. The zero-order valence-electron chi connectivity index (χ0n) is 10.9. The van der Waals surface area contributed by atoms with E-state index in [1.54, 1.807) is 0 Å². The van der Waals surface area contributed by atoms with Gasteiger partial charge in [-0.2, -0.15) is 0 Å². The van der Waals surface area contributed by atoms with E-state index < -0.39 is 0 Å². The van der Waals surface area contributed by atoms with Crippen LogP contribution < -0.4 is 5.73 Å². The molecule has 2 N–H and O–H groups in total. The normalized spacial score (nSPS) is 11.5. The van der Waals surface area contributed by atoms with Gasteiger partial charge >= 0.3 is 0 Å². The third-order valence-corrected chi connectivity index (χ3v) is 4.07. The van der Waals surface area contributed by atoms with Crippen LogP contribution in [-0.2, 0) is 0 Å². The van der Waals surface area contributed by atoms with E-state index in [1.165, 1.54) is 16.0 Å². The fraction of sp³-hybridized carbons (Fsp3) is 0.250. The van der Waals surface area contributed by atoms with Gasteiger partial charge in [0.1, 0.15) is 0 Å². The van der Waals surface area contributed by atoms with Gasteiger partial charge in [-0.1, -0.05) is 42.5 Å². The van der Waals surface area contributed by atoms with Crippen LogP contribution in [0.5, 0.6) is 0 Å². The summed E-state index contributed by atoms with van der Waals surface area (Å²) in [6, 6.07) is 19.1. The molecule has 0 fully saturated rings. The molecule has 0 amide bonds. The predicted molar refractivity (Wildman–Crippen MR) is 80.9 cm³/mol. The summed E-state index contributed by atoms with van der Waals surface area (Å²) in [5, 5.41) is 0. The number of benzene rings is 2. The molecule has 18 heavy (non-hydrogen) atoms. The molecule has 2 aromatic carbocycles. The molecule has 0 unspecified atom stereocenters. The van der Waals surface area contributed by atoms with Crippen LogP contribution in [0.2, 0.25) is 0 Å². The monoisotopic (exact) mass is 257 g/mol. The Kier molecular flexibility index (Phi) is 4.10. The number of rotatable bonds is 4. The maximum Gasteiger partial charge on any atom is 0.0273 e. The molecule has 0 bridgehead atoms. The highest BCUT2D eigenvalue weighted by Gasteiger charge is 2.16. The van der Waals surface area contributed by atoms with Crippen molar-refractivity contribution < 1.29 is 0 Å². The van der Waals surface area contributed by atoms with Crippen LogP contribution in [-0.4, -0.2) is 11.3 Å². The van der Waals surface area contributed by atoms with Gasteiger partial charge in [-0.05, 0) is 37.1 Å². The first-order valence-corrected chi connectivity index (χ1v) is 6.97. The van der Waals surface area contributed by atoms with Crippen LogP contribution in [0.3, 0.4) is 0 Å². The Morgan fingerprint density at radius 1 is 0.889 bits per heavy atom. The molecule has 0 heterocycles. The predicted octanol–water partition coefficient (Wildman–Crippen LogP) is 4.18. The molecule has 0 saturated carbocycles. The van der Waals surface area contributed by atoms with Crippen molar-refractivity contribution in [2.24, 2.45) is 5.73 Å². The van der Waals surface area contributed by atoms with Gasteiger partial charge in [0.25, 0.3) is 0 Å². The van der Waals surface area contributed by atoms with Crippen molar-refractivity contribution in [3.8, 4) is 11.1 Å². The van der Waals surface area contributed by atoms with Crippen LogP contribution in [0.15, 0.2) is 59.5 Å². The summed E-state index contributed by atoms with van der Waals surface area (Å²) in [6.45, 7) is 5.02. The SMILES string of the molecule is CC(C)(CN)Sc1ccc(-c2ccccc2)cc1. The molecule has 2 heteroatoms. The minimum absolute atomic E-state index is 0.0915. The van der Waals surface area contributed by atoms with Gasteiger partial charge in [0.05, 0.1) is 0 Å². The van der Waals surface area contributed by atoms with Crippen molar-refractivity contribution in [2.75, 3.05) is 6.54 Å². The number of hydrogen-bond acceptors (Lipinski definition) is 2. The van der Waals surface area contributed by atoms with Gasteiger partial charge < -0.3 is 5.73 Å². The minimum atomic E-state index is 0.0915. The summed E-state index contributed by atoms with van der Waals surface area (Å²) >= 11 is 1.82. The van der Waals surface area contributed by atoms with Gasteiger partial charge in [0.2, 0.25) is 0 Å². The van der Waals surface area contributed by atoms with E-state index in [-0.39, 0.29) is 4.75 Å². The molecular weight excluding hydrogens is 238 g/mol. The van der Waals surface area contributed by atoms with Crippen LogP contribution in [0.4, 0.5) is 0 Å². The molecule has 94 valence electrons. The van der Waals surface area contributed by atoms with E-state index in [2.05, 4.69) is 62.4 Å². The highest BCUT2D eigenvalue weighted by molar-refractivity contribution is 8.00. The van der Waals surface area contributed by atoms with E-state index in [0.29, 0.717) is 6.54 Å². The van der Waals surface area contributed by atoms with E-state index in [9.17, 15) is 0 Å². The Balaban J connectivity index is 2.16. The standard InChI is InChI=1S/C16H19NS/c1-16(2,12-17)18-15-10-8-14(9-11-15)13-6-4-3-5-7-13/h3-11H,12,17H2,1-2H3. The number of hydrogen-bond donors (Lipinski definition) is 1. The summed E-state index contributed by atoms with van der Waals surface area (Å²) in [7, 11) is 0. The summed E-state index contributed by atoms with van der Waals surface area (Å²) < 4.78 is 0.0915. The molecule has 0 aliphatic rings. The molecule has 0 atom stereocenters. The van der Waals surface area contributed by atoms with Crippen LogP contribution in [0.1, 0.15) is 13.8 Å². The van der Waals surface area contributed by atoms with Crippen LogP contribution >= 0.6 is 11.8 Å². The first-order valence-electron chi connectivity index (χ1n) is 6.15. The van der Waals surface area contributed by atoms with E-state index >= 15 is 0 Å². The van der Waals surface area contributed by atoms with Crippen LogP contribution in [0, 0.1) is 0 Å². The lowest BCUT2D eigenvalue weighted by Gasteiger charge is -2.21. The van der Waals surface area contributed by atoms with Gasteiger partial charge in [-0.25, -0.2) is 0 Å². The average Bonchev–Trinajstić information content (AvgIpc) is 2.40. The summed E-state index contributed by atoms with van der Waals surface area (Å²) in [4.78, 5) is 1.27. The van der Waals surface area contributed by atoms with Crippen molar-refractivity contribution in [3.05, 3.63) is 54.6 Å². The molecule has 0 saturated heterocycles. The Morgan fingerprint density at radius 3 is 2.00 bits per heavy atom.